The minimum atomic E-state index is -3.77. The Hall–Kier alpha value is -1.92. The number of carbonyl (C=O) groups is 1. The molecule has 0 heterocycles. The second-order valence-corrected chi connectivity index (χ2v) is 7.48. The first kappa shape index (κ1) is 17.4. The summed E-state index contributed by atoms with van der Waals surface area (Å²) in [5.74, 6) is -1.73. The van der Waals surface area contributed by atoms with Gasteiger partial charge in [-0.25, -0.2) is 12.8 Å². The molecular formula is C16H15ClFNO3S. The van der Waals surface area contributed by atoms with Crippen LogP contribution in [0.5, 0.6) is 0 Å². The number of halogens is 2. The number of hydrogen-bond donors (Lipinski definition) is 0. The Morgan fingerprint density at radius 2 is 1.74 bits per heavy atom. The van der Waals surface area contributed by atoms with Gasteiger partial charge in [0.05, 0.1) is 4.90 Å². The second-order valence-electron chi connectivity index (χ2n) is 5.05. The molecular weight excluding hydrogens is 341 g/mol. The maximum atomic E-state index is 13.6. The summed E-state index contributed by atoms with van der Waals surface area (Å²) < 4.78 is 38.0. The van der Waals surface area contributed by atoms with E-state index in [4.69, 9.17) is 11.6 Å². The molecule has 0 aliphatic heterocycles. The van der Waals surface area contributed by atoms with Crippen molar-refractivity contribution in [2.45, 2.75) is 11.4 Å². The fraction of sp³-hybridized carbons (Fsp3) is 0.188. The zero-order chi connectivity index (χ0) is 17.0. The van der Waals surface area contributed by atoms with E-state index in [1.165, 1.54) is 42.3 Å². The molecule has 0 saturated heterocycles. The zero-order valence-electron chi connectivity index (χ0n) is 12.4. The largest absolute Gasteiger partial charge is 0.340 e. The van der Waals surface area contributed by atoms with E-state index in [0.717, 1.165) is 0 Å². The summed E-state index contributed by atoms with van der Waals surface area (Å²) in [6.45, 7) is 0.00163. The monoisotopic (exact) mass is 355 g/mol. The molecule has 4 nitrogen and oxygen atoms in total. The number of benzene rings is 2. The summed E-state index contributed by atoms with van der Waals surface area (Å²) in [6.07, 6.45) is 0. The SMILES string of the molecule is CN(Cc1ccccc1F)C(=O)CS(=O)(=O)c1ccc(Cl)cc1. The third-order valence-electron chi connectivity index (χ3n) is 3.28. The molecule has 2 aromatic rings. The molecule has 0 atom stereocenters. The van der Waals surface area contributed by atoms with Crippen LogP contribution < -0.4 is 0 Å². The Balaban J connectivity index is 2.08. The Morgan fingerprint density at radius 1 is 1.13 bits per heavy atom. The van der Waals surface area contributed by atoms with E-state index < -0.39 is 27.3 Å². The highest BCUT2D eigenvalue weighted by Gasteiger charge is 2.22. The van der Waals surface area contributed by atoms with E-state index in [1.807, 2.05) is 0 Å². The highest BCUT2D eigenvalue weighted by atomic mass is 35.5. The molecule has 0 spiro atoms. The van der Waals surface area contributed by atoms with Gasteiger partial charge in [0, 0.05) is 24.2 Å². The fourth-order valence-electron chi connectivity index (χ4n) is 1.97. The van der Waals surface area contributed by atoms with Gasteiger partial charge >= 0.3 is 0 Å². The predicted molar refractivity (Wildman–Crippen MR) is 86.4 cm³/mol. The van der Waals surface area contributed by atoms with Crippen LogP contribution in [-0.2, 0) is 21.2 Å². The van der Waals surface area contributed by atoms with E-state index in [0.29, 0.717) is 10.6 Å². The molecule has 0 radical (unpaired) electrons. The second kappa shape index (κ2) is 7.10. The van der Waals surface area contributed by atoms with Gasteiger partial charge in [0.2, 0.25) is 5.91 Å². The molecule has 2 rings (SSSR count). The molecule has 0 bridgehead atoms. The van der Waals surface area contributed by atoms with Gasteiger partial charge in [-0.15, -0.1) is 0 Å². The molecule has 0 N–H and O–H groups in total. The van der Waals surface area contributed by atoms with Crippen molar-refractivity contribution in [1.82, 2.24) is 4.90 Å². The van der Waals surface area contributed by atoms with Crippen LogP contribution in [0.2, 0.25) is 5.02 Å². The Bertz CT molecular complexity index is 806. The number of carbonyl (C=O) groups excluding carboxylic acids is 1. The molecule has 122 valence electrons. The first-order valence-corrected chi connectivity index (χ1v) is 8.78. The van der Waals surface area contributed by atoms with Crippen LogP contribution in [-0.4, -0.2) is 32.0 Å². The lowest BCUT2D eigenvalue weighted by molar-refractivity contribution is -0.127. The van der Waals surface area contributed by atoms with Crippen molar-refractivity contribution in [2.75, 3.05) is 12.8 Å². The van der Waals surface area contributed by atoms with E-state index in [1.54, 1.807) is 18.2 Å². The van der Waals surface area contributed by atoms with Gasteiger partial charge in [0.1, 0.15) is 11.6 Å². The van der Waals surface area contributed by atoms with Gasteiger partial charge in [-0.1, -0.05) is 29.8 Å². The third-order valence-corrected chi connectivity index (χ3v) is 5.15. The smallest absolute Gasteiger partial charge is 0.238 e. The van der Waals surface area contributed by atoms with Crippen LogP contribution in [0.25, 0.3) is 0 Å². The van der Waals surface area contributed by atoms with Crippen molar-refractivity contribution in [1.29, 1.82) is 0 Å². The van der Waals surface area contributed by atoms with Gasteiger partial charge in [0.25, 0.3) is 0 Å². The van der Waals surface area contributed by atoms with Crippen molar-refractivity contribution < 1.29 is 17.6 Å². The van der Waals surface area contributed by atoms with E-state index in [9.17, 15) is 17.6 Å². The van der Waals surface area contributed by atoms with E-state index >= 15 is 0 Å². The van der Waals surface area contributed by atoms with Gasteiger partial charge in [-0.2, -0.15) is 0 Å². The lowest BCUT2D eigenvalue weighted by Gasteiger charge is -2.17. The van der Waals surface area contributed by atoms with Crippen molar-refractivity contribution in [2.24, 2.45) is 0 Å². The van der Waals surface area contributed by atoms with Crippen LogP contribution in [0.4, 0.5) is 4.39 Å². The minimum absolute atomic E-state index is 0.00163. The molecule has 0 aliphatic carbocycles. The van der Waals surface area contributed by atoms with Crippen LogP contribution >= 0.6 is 11.6 Å². The quantitative estimate of drug-likeness (QED) is 0.828. The van der Waals surface area contributed by atoms with Gasteiger partial charge in [-0.3, -0.25) is 4.79 Å². The Kier molecular flexibility index (Phi) is 5.38. The maximum absolute atomic E-state index is 13.6. The van der Waals surface area contributed by atoms with Crippen LogP contribution in [0, 0.1) is 5.82 Å². The van der Waals surface area contributed by atoms with Gasteiger partial charge in [0.15, 0.2) is 9.84 Å². The fourth-order valence-corrected chi connectivity index (χ4v) is 3.36. The third kappa shape index (κ3) is 4.53. The molecule has 7 heteroatoms. The first-order chi connectivity index (χ1) is 10.8. The Labute approximate surface area is 139 Å². The van der Waals surface area contributed by atoms with Gasteiger partial charge < -0.3 is 4.90 Å². The highest BCUT2D eigenvalue weighted by molar-refractivity contribution is 7.92. The van der Waals surface area contributed by atoms with Crippen LogP contribution in [0.15, 0.2) is 53.4 Å². The topological polar surface area (TPSA) is 54.5 Å². The van der Waals surface area contributed by atoms with Crippen LogP contribution in [0.3, 0.4) is 0 Å². The number of amides is 1. The molecule has 0 aromatic heterocycles. The summed E-state index contributed by atoms with van der Waals surface area (Å²) in [5.41, 5.74) is 0.326. The average Bonchev–Trinajstić information content (AvgIpc) is 2.49. The molecule has 1 amide bonds. The lowest BCUT2D eigenvalue weighted by Crippen LogP contribution is -2.32. The number of hydrogen-bond acceptors (Lipinski definition) is 3. The molecule has 0 fully saturated rings. The zero-order valence-corrected chi connectivity index (χ0v) is 13.9. The highest BCUT2D eigenvalue weighted by Crippen LogP contribution is 2.16. The molecule has 2 aromatic carbocycles. The number of nitrogens with zero attached hydrogens (tertiary/aromatic N) is 1. The lowest BCUT2D eigenvalue weighted by atomic mass is 10.2. The number of sulfone groups is 1. The van der Waals surface area contributed by atoms with Crippen molar-refractivity contribution in [3.8, 4) is 0 Å². The number of rotatable bonds is 5. The van der Waals surface area contributed by atoms with Crippen molar-refractivity contribution >= 4 is 27.3 Å². The van der Waals surface area contributed by atoms with Crippen molar-refractivity contribution in [3.05, 3.63) is 64.9 Å². The molecule has 0 saturated carbocycles. The summed E-state index contributed by atoms with van der Waals surface area (Å²) in [6, 6.07) is 11.6. The molecule has 23 heavy (non-hydrogen) atoms. The standard InChI is InChI=1S/C16H15ClFNO3S/c1-19(10-12-4-2-3-5-15(12)18)16(20)11-23(21,22)14-8-6-13(17)7-9-14/h2-9H,10-11H2,1H3. The van der Waals surface area contributed by atoms with E-state index in [2.05, 4.69) is 0 Å². The molecule has 0 unspecified atom stereocenters. The summed E-state index contributed by atoms with van der Waals surface area (Å²) in [7, 11) is -2.33. The summed E-state index contributed by atoms with van der Waals surface area (Å²) >= 11 is 5.72. The Morgan fingerprint density at radius 3 is 2.35 bits per heavy atom. The molecule has 0 aliphatic rings. The summed E-state index contributed by atoms with van der Waals surface area (Å²) in [5, 5.41) is 0.409. The predicted octanol–water partition coefficient (Wildman–Crippen LogP) is 2.91. The summed E-state index contributed by atoms with van der Waals surface area (Å²) in [4.78, 5) is 13.3. The average molecular weight is 356 g/mol. The normalized spacial score (nSPS) is 11.3. The van der Waals surface area contributed by atoms with Crippen molar-refractivity contribution in [3.63, 3.8) is 0 Å². The minimum Gasteiger partial charge on any atom is -0.340 e. The first-order valence-electron chi connectivity index (χ1n) is 6.75. The van der Waals surface area contributed by atoms with E-state index in [-0.39, 0.29) is 11.4 Å². The van der Waals surface area contributed by atoms with Crippen LogP contribution in [0.1, 0.15) is 5.56 Å². The maximum Gasteiger partial charge on any atom is 0.238 e. The van der Waals surface area contributed by atoms with Gasteiger partial charge in [-0.05, 0) is 30.3 Å².